The Morgan fingerprint density at radius 2 is 1.58 bits per heavy atom. The molecular weight excluding hydrogens is 346 g/mol. The summed E-state index contributed by atoms with van der Waals surface area (Å²) >= 11 is 0. The Hall–Kier alpha value is -2.14. The van der Waals surface area contributed by atoms with Crippen LogP contribution in [-0.2, 0) is 26.5 Å². The van der Waals surface area contributed by atoms with Gasteiger partial charge in [-0.05, 0) is 36.8 Å². The van der Waals surface area contributed by atoms with Crippen LogP contribution in [0, 0.1) is 0 Å². The van der Waals surface area contributed by atoms with Gasteiger partial charge in [-0.15, -0.1) is 0 Å². The van der Waals surface area contributed by atoms with E-state index in [0.717, 1.165) is 18.4 Å². The first kappa shape index (κ1) is 18.6. The lowest BCUT2D eigenvalue weighted by Gasteiger charge is -2.16. The monoisotopic (exact) mass is 371 g/mol. The summed E-state index contributed by atoms with van der Waals surface area (Å²) in [7, 11) is -3.37. The van der Waals surface area contributed by atoms with Crippen LogP contribution in [-0.4, -0.2) is 32.4 Å². The number of amides is 1. The fraction of sp³-hybridized carbons (Fsp3) is 0.381. The van der Waals surface area contributed by atoms with Crippen molar-refractivity contribution in [1.82, 2.24) is 5.32 Å². The summed E-state index contributed by atoms with van der Waals surface area (Å²) in [6.07, 6.45) is 3.30. The van der Waals surface area contributed by atoms with Gasteiger partial charge in [0.25, 0.3) is 0 Å². The lowest BCUT2D eigenvalue weighted by atomic mass is 9.96. The standard InChI is InChI=1S/C21H25NO3S/c23-20(22-17-21(13-14-21)19-11-5-2-6-12-19)16-26(24,25)15-7-10-18-8-3-1-4-9-18/h1-6,8-9,11-12H,7,10,13-17H2,(H,22,23). The molecule has 0 atom stereocenters. The predicted octanol–water partition coefficient (Wildman–Crippen LogP) is 2.88. The topological polar surface area (TPSA) is 63.2 Å². The Morgan fingerprint density at radius 3 is 2.19 bits per heavy atom. The van der Waals surface area contributed by atoms with E-state index in [1.807, 2.05) is 48.5 Å². The Morgan fingerprint density at radius 1 is 0.962 bits per heavy atom. The van der Waals surface area contributed by atoms with E-state index in [4.69, 9.17) is 0 Å². The molecule has 0 radical (unpaired) electrons. The minimum absolute atomic E-state index is 0.00596. The summed E-state index contributed by atoms with van der Waals surface area (Å²) in [5, 5.41) is 2.83. The van der Waals surface area contributed by atoms with Crippen molar-refractivity contribution in [3.05, 3.63) is 71.8 Å². The van der Waals surface area contributed by atoms with E-state index in [2.05, 4.69) is 17.4 Å². The molecule has 1 saturated carbocycles. The summed E-state index contributed by atoms with van der Waals surface area (Å²) in [4.78, 5) is 12.1. The molecule has 0 bridgehead atoms. The van der Waals surface area contributed by atoms with E-state index in [9.17, 15) is 13.2 Å². The van der Waals surface area contributed by atoms with Gasteiger partial charge in [-0.1, -0.05) is 60.7 Å². The molecule has 1 aliphatic carbocycles. The van der Waals surface area contributed by atoms with E-state index in [0.29, 0.717) is 19.4 Å². The minimum atomic E-state index is -3.37. The van der Waals surface area contributed by atoms with Crippen LogP contribution < -0.4 is 5.32 Å². The third-order valence-electron chi connectivity index (χ3n) is 4.98. The molecule has 2 aromatic rings. The second kappa shape index (κ2) is 8.04. The highest BCUT2D eigenvalue weighted by molar-refractivity contribution is 7.92. The maximum atomic E-state index is 12.2. The van der Waals surface area contributed by atoms with E-state index >= 15 is 0 Å². The molecule has 1 amide bonds. The van der Waals surface area contributed by atoms with Crippen LogP contribution >= 0.6 is 0 Å². The number of carbonyl (C=O) groups excluding carboxylic acids is 1. The molecule has 5 heteroatoms. The van der Waals surface area contributed by atoms with E-state index in [1.54, 1.807) is 0 Å². The van der Waals surface area contributed by atoms with Gasteiger partial charge in [0.2, 0.25) is 5.91 Å². The summed E-state index contributed by atoms with van der Waals surface area (Å²) in [5.74, 6) is -0.780. The number of hydrogen-bond acceptors (Lipinski definition) is 3. The molecule has 1 N–H and O–H groups in total. The Bertz CT molecular complexity index is 828. The molecule has 0 aliphatic heterocycles. The van der Waals surface area contributed by atoms with Crippen molar-refractivity contribution in [2.75, 3.05) is 18.1 Å². The van der Waals surface area contributed by atoms with Gasteiger partial charge in [0.15, 0.2) is 9.84 Å². The second-order valence-corrected chi connectivity index (χ2v) is 9.29. The fourth-order valence-corrected chi connectivity index (χ4v) is 4.47. The lowest BCUT2D eigenvalue weighted by Crippen LogP contribution is -2.36. The minimum Gasteiger partial charge on any atom is -0.354 e. The highest BCUT2D eigenvalue weighted by Gasteiger charge is 2.44. The Kier molecular flexibility index (Phi) is 5.77. The van der Waals surface area contributed by atoms with Gasteiger partial charge in [-0.25, -0.2) is 8.42 Å². The van der Waals surface area contributed by atoms with Crippen LogP contribution in [0.5, 0.6) is 0 Å². The van der Waals surface area contributed by atoms with Gasteiger partial charge < -0.3 is 5.32 Å². The summed E-state index contributed by atoms with van der Waals surface area (Å²) in [6, 6.07) is 19.9. The molecule has 0 spiro atoms. The zero-order valence-corrected chi connectivity index (χ0v) is 15.7. The van der Waals surface area contributed by atoms with Crippen molar-refractivity contribution in [3.8, 4) is 0 Å². The van der Waals surface area contributed by atoms with Crippen molar-refractivity contribution in [1.29, 1.82) is 0 Å². The van der Waals surface area contributed by atoms with E-state index in [1.165, 1.54) is 5.56 Å². The number of aryl methyl sites for hydroxylation is 1. The molecule has 4 nitrogen and oxygen atoms in total. The first-order chi connectivity index (χ1) is 12.5. The van der Waals surface area contributed by atoms with Crippen molar-refractivity contribution in [2.24, 2.45) is 0 Å². The van der Waals surface area contributed by atoms with E-state index in [-0.39, 0.29) is 11.2 Å². The van der Waals surface area contributed by atoms with Crippen LogP contribution in [0.4, 0.5) is 0 Å². The SMILES string of the molecule is O=C(CS(=O)(=O)CCCc1ccccc1)NCC1(c2ccccc2)CC1. The molecule has 0 unspecified atom stereocenters. The number of rotatable bonds is 9. The fourth-order valence-electron chi connectivity index (χ4n) is 3.24. The highest BCUT2D eigenvalue weighted by atomic mass is 32.2. The van der Waals surface area contributed by atoms with Gasteiger partial charge in [0.05, 0.1) is 5.75 Å². The number of benzene rings is 2. The highest BCUT2D eigenvalue weighted by Crippen LogP contribution is 2.47. The van der Waals surface area contributed by atoms with Gasteiger partial charge >= 0.3 is 0 Å². The van der Waals surface area contributed by atoms with Gasteiger partial charge in [-0.2, -0.15) is 0 Å². The van der Waals surface area contributed by atoms with Crippen LogP contribution in [0.2, 0.25) is 0 Å². The number of sulfone groups is 1. The van der Waals surface area contributed by atoms with Gasteiger partial charge in [0.1, 0.15) is 5.75 Å². The van der Waals surface area contributed by atoms with Crippen molar-refractivity contribution >= 4 is 15.7 Å². The molecule has 1 fully saturated rings. The summed E-state index contributed by atoms with van der Waals surface area (Å²) < 4.78 is 24.4. The van der Waals surface area contributed by atoms with E-state index < -0.39 is 21.5 Å². The lowest BCUT2D eigenvalue weighted by molar-refractivity contribution is -0.118. The van der Waals surface area contributed by atoms with Crippen LogP contribution in [0.3, 0.4) is 0 Å². The third kappa shape index (κ3) is 5.18. The maximum absolute atomic E-state index is 12.2. The first-order valence-corrected chi connectivity index (χ1v) is 10.9. The zero-order valence-electron chi connectivity index (χ0n) is 14.9. The first-order valence-electron chi connectivity index (χ1n) is 9.06. The van der Waals surface area contributed by atoms with Crippen molar-refractivity contribution < 1.29 is 13.2 Å². The largest absolute Gasteiger partial charge is 0.354 e. The molecule has 2 aromatic carbocycles. The average Bonchev–Trinajstić information content (AvgIpc) is 3.42. The molecule has 1 aliphatic rings. The Labute approximate surface area is 155 Å². The van der Waals surface area contributed by atoms with Crippen molar-refractivity contribution in [2.45, 2.75) is 31.1 Å². The molecule has 0 aromatic heterocycles. The Balaban J connectivity index is 1.44. The molecule has 0 heterocycles. The second-order valence-electron chi connectivity index (χ2n) is 7.10. The van der Waals surface area contributed by atoms with Crippen molar-refractivity contribution in [3.63, 3.8) is 0 Å². The number of nitrogens with one attached hydrogen (secondary N) is 1. The zero-order chi connectivity index (χ0) is 18.5. The summed E-state index contributed by atoms with van der Waals surface area (Å²) in [5.41, 5.74) is 2.32. The normalized spacial score (nSPS) is 15.4. The molecule has 138 valence electrons. The van der Waals surface area contributed by atoms with Gasteiger partial charge in [0, 0.05) is 12.0 Å². The molecule has 0 saturated heterocycles. The quantitative estimate of drug-likeness (QED) is 0.737. The van der Waals surface area contributed by atoms with Crippen LogP contribution in [0.25, 0.3) is 0 Å². The summed E-state index contributed by atoms with van der Waals surface area (Å²) in [6.45, 7) is 0.509. The molecular formula is C21H25NO3S. The number of hydrogen-bond donors (Lipinski definition) is 1. The third-order valence-corrected chi connectivity index (χ3v) is 6.59. The molecule has 3 rings (SSSR count). The van der Waals surface area contributed by atoms with Crippen LogP contribution in [0.1, 0.15) is 30.4 Å². The molecule has 26 heavy (non-hydrogen) atoms. The average molecular weight is 372 g/mol. The predicted molar refractivity (Wildman–Crippen MR) is 104 cm³/mol. The number of carbonyl (C=O) groups is 1. The smallest absolute Gasteiger partial charge is 0.235 e. The van der Waals surface area contributed by atoms with Crippen LogP contribution in [0.15, 0.2) is 60.7 Å². The maximum Gasteiger partial charge on any atom is 0.235 e. The van der Waals surface area contributed by atoms with Gasteiger partial charge in [-0.3, -0.25) is 4.79 Å².